The third-order valence-corrected chi connectivity index (χ3v) is 3.89. The lowest BCUT2D eigenvalue weighted by molar-refractivity contribution is -0.123. The zero-order valence-electron chi connectivity index (χ0n) is 12.7. The van der Waals surface area contributed by atoms with E-state index in [-0.39, 0.29) is 24.3 Å². The Morgan fingerprint density at radius 1 is 0.880 bits per heavy atom. The SMILES string of the molecule is O=C(Nc1ccc(F)c(F)c1)C1CN(C(=O)c2ccc(F)c(F)c2)C1. The number of benzene rings is 2. The van der Waals surface area contributed by atoms with Crippen LogP contribution in [0.15, 0.2) is 36.4 Å². The first kappa shape index (κ1) is 16.9. The molecule has 1 saturated heterocycles. The maximum atomic E-state index is 13.2. The normalized spacial score (nSPS) is 14.2. The van der Waals surface area contributed by atoms with Crippen molar-refractivity contribution < 1.29 is 27.2 Å². The fourth-order valence-electron chi connectivity index (χ4n) is 2.44. The number of rotatable bonds is 3. The summed E-state index contributed by atoms with van der Waals surface area (Å²) in [7, 11) is 0. The molecule has 0 bridgehead atoms. The van der Waals surface area contributed by atoms with Crippen molar-refractivity contribution in [2.45, 2.75) is 0 Å². The van der Waals surface area contributed by atoms with Crippen LogP contribution in [0, 0.1) is 29.2 Å². The average Bonchev–Trinajstić information content (AvgIpc) is 2.52. The molecule has 0 aliphatic carbocycles. The minimum absolute atomic E-state index is 0.0154. The van der Waals surface area contributed by atoms with Crippen molar-refractivity contribution in [3.05, 3.63) is 65.2 Å². The summed E-state index contributed by atoms with van der Waals surface area (Å²) >= 11 is 0. The Balaban J connectivity index is 1.57. The number of halogens is 4. The van der Waals surface area contributed by atoms with Gasteiger partial charge in [-0.05, 0) is 30.3 Å². The highest BCUT2D eigenvalue weighted by Crippen LogP contribution is 2.22. The van der Waals surface area contributed by atoms with Crippen molar-refractivity contribution >= 4 is 17.5 Å². The Labute approximate surface area is 140 Å². The van der Waals surface area contributed by atoms with E-state index in [1.165, 1.54) is 11.0 Å². The van der Waals surface area contributed by atoms with Gasteiger partial charge in [-0.2, -0.15) is 0 Å². The van der Waals surface area contributed by atoms with Crippen LogP contribution in [0.25, 0.3) is 0 Å². The summed E-state index contributed by atoms with van der Waals surface area (Å²) in [4.78, 5) is 25.4. The zero-order chi connectivity index (χ0) is 18.1. The van der Waals surface area contributed by atoms with Crippen LogP contribution >= 0.6 is 0 Å². The molecule has 0 saturated carbocycles. The summed E-state index contributed by atoms with van der Waals surface area (Å²) in [6.07, 6.45) is 0. The molecule has 4 nitrogen and oxygen atoms in total. The van der Waals surface area contributed by atoms with Crippen LogP contribution < -0.4 is 5.32 Å². The van der Waals surface area contributed by atoms with Crippen molar-refractivity contribution in [3.8, 4) is 0 Å². The van der Waals surface area contributed by atoms with Gasteiger partial charge in [-0.1, -0.05) is 0 Å². The Hall–Kier alpha value is -2.90. The minimum Gasteiger partial charge on any atom is -0.337 e. The maximum absolute atomic E-state index is 13.2. The predicted octanol–water partition coefficient (Wildman–Crippen LogP) is 2.95. The van der Waals surface area contributed by atoms with Crippen molar-refractivity contribution in [1.82, 2.24) is 4.90 Å². The largest absolute Gasteiger partial charge is 0.337 e. The molecule has 8 heteroatoms. The van der Waals surface area contributed by atoms with Crippen molar-refractivity contribution in [2.75, 3.05) is 18.4 Å². The van der Waals surface area contributed by atoms with Gasteiger partial charge in [-0.15, -0.1) is 0 Å². The van der Waals surface area contributed by atoms with Gasteiger partial charge in [0, 0.05) is 30.4 Å². The number of anilines is 1. The molecule has 1 fully saturated rings. The third-order valence-electron chi connectivity index (χ3n) is 3.89. The first-order valence-corrected chi connectivity index (χ1v) is 7.35. The number of nitrogens with one attached hydrogen (secondary N) is 1. The summed E-state index contributed by atoms with van der Waals surface area (Å²) in [5.41, 5.74) is 0.0904. The molecule has 0 spiro atoms. The number of hydrogen-bond donors (Lipinski definition) is 1. The predicted molar refractivity (Wildman–Crippen MR) is 80.7 cm³/mol. The van der Waals surface area contributed by atoms with E-state index >= 15 is 0 Å². The van der Waals surface area contributed by atoms with Gasteiger partial charge in [0.1, 0.15) is 0 Å². The molecule has 2 aromatic carbocycles. The fraction of sp³-hybridized carbons (Fsp3) is 0.176. The second-order valence-corrected chi connectivity index (χ2v) is 5.65. The Morgan fingerprint density at radius 2 is 1.48 bits per heavy atom. The van der Waals surface area contributed by atoms with Gasteiger partial charge in [0.05, 0.1) is 5.92 Å². The molecule has 25 heavy (non-hydrogen) atoms. The molecular weight excluding hydrogens is 340 g/mol. The lowest BCUT2D eigenvalue weighted by Gasteiger charge is -2.38. The van der Waals surface area contributed by atoms with Crippen molar-refractivity contribution in [1.29, 1.82) is 0 Å². The fourth-order valence-corrected chi connectivity index (χ4v) is 2.44. The molecule has 1 heterocycles. The van der Waals surface area contributed by atoms with Crippen molar-refractivity contribution in [3.63, 3.8) is 0 Å². The molecule has 3 rings (SSSR count). The van der Waals surface area contributed by atoms with Gasteiger partial charge in [-0.3, -0.25) is 9.59 Å². The molecule has 0 atom stereocenters. The third kappa shape index (κ3) is 3.47. The number of hydrogen-bond acceptors (Lipinski definition) is 2. The van der Waals surface area contributed by atoms with E-state index in [1.54, 1.807) is 0 Å². The monoisotopic (exact) mass is 352 g/mol. The van der Waals surface area contributed by atoms with Crippen LogP contribution in [0.1, 0.15) is 10.4 Å². The van der Waals surface area contributed by atoms with Crippen LogP contribution in [-0.2, 0) is 4.79 Å². The highest BCUT2D eigenvalue weighted by Gasteiger charge is 2.36. The van der Waals surface area contributed by atoms with E-state index in [1.807, 2.05) is 0 Å². The van der Waals surface area contributed by atoms with Gasteiger partial charge in [-0.25, -0.2) is 17.6 Å². The molecule has 2 amide bonds. The summed E-state index contributed by atoms with van der Waals surface area (Å²) in [6, 6.07) is 5.79. The zero-order valence-corrected chi connectivity index (χ0v) is 12.7. The standard InChI is InChI=1S/C17H12F4N2O2/c18-12-3-1-9(5-14(12)20)17(25)23-7-10(8-23)16(24)22-11-2-4-13(19)15(21)6-11/h1-6,10H,7-8H2,(H,22,24). The maximum Gasteiger partial charge on any atom is 0.254 e. The second-order valence-electron chi connectivity index (χ2n) is 5.65. The second kappa shape index (κ2) is 6.54. The molecule has 0 radical (unpaired) electrons. The molecule has 1 aliphatic rings. The number of amides is 2. The van der Waals surface area contributed by atoms with E-state index in [9.17, 15) is 27.2 Å². The molecular formula is C17H12F4N2O2. The van der Waals surface area contributed by atoms with E-state index in [4.69, 9.17) is 0 Å². The number of likely N-dealkylation sites (tertiary alicyclic amines) is 1. The number of nitrogens with zero attached hydrogens (tertiary/aromatic N) is 1. The van der Waals surface area contributed by atoms with Gasteiger partial charge < -0.3 is 10.2 Å². The van der Waals surface area contributed by atoms with Crippen LogP contribution in [0.4, 0.5) is 23.2 Å². The van der Waals surface area contributed by atoms with Crippen LogP contribution in [-0.4, -0.2) is 29.8 Å². The lowest BCUT2D eigenvalue weighted by atomic mass is 9.97. The summed E-state index contributed by atoms with van der Waals surface area (Å²) in [6.45, 7) is 0.181. The number of carbonyl (C=O) groups excluding carboxylic acids is 2. The highest BCUT2D eigenvalue weighted by molar-refractivity contribution is 5.98. The summed E-state index contributed by atoms with van der Waals surface area (Å²) in [5.74, 6) is -5.77. The van der Waals surface area contributed by atoms with Crippen LogP contribution in [0.2, 0.25) is 0 Å². The van der Waals surface area contributed by atoms with Gasteiger partial charge in [0.15, 0.2) is 23.3 Å². The first-order valence-electron chi connectivity index (χ1n) is 7.35. The molecule has 0 aromatic heterocycles. The smallest absolute Gasteiger partial charge is 0.254 e. The van der Waals surface area contributed by atoms with Gasteiger partial charge in [0.25, 0.3) is 5.91 Å². The lowest BCUT2D eigenvalue weighted by Crippen LogP contribution is -2.54. The Bertz CT molecular complexity index is 851. The molecule has 1 aliphatic heterocycles. The Kier molecular flexibility index (Phi) is 4.43. The Morgan fingerprint density at radius 3 is 2.08 bits per heavy atom. The van der Waals surface area contributed by atoms with E-state index in [0.717, 1.165) is 30.3 Å². The average molecular weight is 352 g/mol. The van der Waals surface area contributed by atoms with Gasteiger partial charge >= 0.3 is 0 Å². The molecule has 2 aromatic rings. The molecule has 1 N–H and O–H groups in total. The van der Waals surface area contributed by atoms with Crippen LogP contribution in [0.5, 0.6) is 0 Å². The van der Waals surface area contributed by atoms with E-state index in [2.05, 4.69) is 5.32 Å². The van der Waals surface area contributed by atoms with Crippen LogP contribution in [0.3, 0.4) is 0 Å². The highest BCUT2D eigenvalue weighted by atomic mass is 19.2. The van der Waals surface area contributed by atoms with E-state index in [0.29, 0.717) is 0 Å². The number of carbonyl (C=O) groups is 2. The molecule has 130 valence electrons. The topological polar surface area (TPSA) is 49.4 Å². The minimum atomic E-state index is -1.13. The van der Waals surface area contributed by atoms with Crippen molar-refractivity contribution in [2.24, 2.45) is 5.92 Å². The summed E-state index contributed by atoms with van der Waals surface area (Å²) in [5, 5.41) is 2.43. The van der Waals surface area contributed by atoms with Gasteiger partial charge in [0.2, 0.25) is 5.91 Å². The van der Waals surface area contributed by atoms with E-state index < -0.39 is 41.0 Å². The first-order chi connectivity index (χ1) is 11.8. The summed E-state index contributed by atoms with van der Waals surface area (Å²) < 4.78 is 52.0. The quantitative estimate of drug-likeness (QED) is 0.864. The molecule has 0 unspecified atom stereocenters.